The molecule has 326 valence electrons. The highest BCUT2D eigenvalue weighted by atomic mass is 16.6. The molecule has 0 aliphatic carbocycles. The van der Waals surface area contributed by atoms with E-state index in [4.69, 9.17) is 14.2 Å². The zero-order valence-electron chi connectivity index (χ0n) is 37.2. The first kappa shape index (κ1) is 53.4. The number of carbonyl (C=O) groups excluding carboxylic acids is 3. The maximum absolute atomic E-state index is 12.7. The molecule has 0 spiro atoms. The Kier molecular flexibility index (Phi) is 43.8. The van der Waals surface area contributed by atoms with E-state index in [-0.39, 0.29) is 31.1 Å². The van der Waals surface area contributed by atoms with Crippen LogP contribution in [-0.4, -0.2) is 37.2 Å². The molecule has 0 unspecified atom stereocenters. The molecule has 0 aromatic carbocycles. The number of ether oxygens (including phenoxy) is 3. The third-order valence-electron chi connectivity index (χ3n) is 11.1. The van der Waals surface area contributed by atoms with Crippen LogP contribution in [0.2, 0.25) is 0 Å². The Bertz CT molecular complexity index is 813. The van der Waals surface area contributed by atoms with E-state index in [1.54, 1.807) is 0 Å². The standard InChI is InChI=1S/C49H94O6/c1-4-7-10-13-16-19-21-23-24-25-26-28-30-33-36-39-42-48(51)54-45-46(44-53-47(50)41-38-35-32-29-18-15-12-9-6-3)55-49(52)43-40-37-34-31-27-22-20-17-14-11-8-5-2/h46H,4-45H2,1-3H3/t46-/m0/s1. The van der Waals surface area contributed by atoms with Gasteiger partial charge < -0.3 is 14.2 Å². The summed E-state index contributed by atoms with van der Waals surface area (Å²) in [4.78, 5) is 37.7. The predicted molar refractivity (Wildman–Crippen MR) is 233 cm³/mol. The van der Waals surface area contributed by atoms with Gasteiger partial charge in [-0.1, -0.05) is 239 Å². The van der Waals surface area contributed by atoms with Gasteiger partial charge >= 0.3 is 17.9 Å². The highest BCUT2D eigenvalue weighted by molar-refractivity contribution is 5.71. The third-order valence-corrected chi connectivity index (χ3v) is 11.1. The van der Waals surface area contributed by atoms with Crippen molar-refractivity contribution in [3.8, 4) is 0 Å². The maximum atomic E-state index is 12.7. The van der Waals surface area contributed by atoms with Crippen molar-refractivity contribution in [1.82, 2.24) is 0 Å². The van der Waals surface area contributed by atoms with Gasteiger partial charge in [0.2, 0.25) is 0 Å². The van der Waals surface area contributed by atoms with Gasteiger partial charge in [-0.15, -0.1) is 0 Å². The normalized spacial score (nSPS) is 11.8. The minimum Gasteiger partial charge on any atom is -0.462 e. The van der Waals surface area contributed by atoms with Crippen molar-refractivity contribution in [2.45, 2.75) is 284 Å². The average molecular weight is 779 g/mol. The van der Waals surface area contributed by atoms with E-state index in [1.807, 2.05) is 0 Å². The lowest BCUT2D eigenvalue weighted by molar-refractivity contribution is -0.167. The summed E-state index contributed by atoms with van der Waals surface area (Å²) in [6, 6.07) is 0. The first-order chi connectivity index (χ1) is 27.0. The van der Waals surface area contributed by atoms with E-state index in [0.717, 1.165) is 57.8 Å². The lowest BCUT2D eigenvalue weighted by atomic mass is 10.0. The Balaban J connectivity index is 4.26. The van der Waals surface area contributed by atoms with Crippen LogP contribution < -0.4 is 0 Å². The van der Waals surface area contributed by atoms with Crippen LogP contribution in [0.1, 0.15) is 278 Å². The lowest BCUT2D eigenvalue weighted by Gasteiger charge is -2.18. The molecule has 0 aliphatic heterocycles. The molecule has 0 saturated heterocycles. The first-order valence-corrected chi connectivity index (χ1v) is 24.5. The van der Waals surface area contributed by atoms with Gasteiger partial charge in [0, 0.05) is 19.3 Å². The van der Waals surface area contributed by atoms with Gasteiger partial charge in [0.05, 0.1) is 0 Å². The minimum absolute atomic E-state index is 0.0623. The Morgan fingerprint density at radius 1 is 0.291 bits per heavy atom. The zero-order chi connectivity index (χ0) is 40.1. The second-order valence-corrected chi connectivity index (χ2v) is 16.7. The van der Waals surface area contributed by atoms with Crippen LogP contribution >= 0.6 is 0 Å². The Hall–Kier alpha value is -1.59. The SMILES string of the molecule is CCCCCCCCCCCCCCCCCCC(=O)OC[C@H](COC(=O)CCCCCCCCCCC)OC(=O)CCCCCCCCCCCCCC. The summed E-state index contributed by atoms with van der Waals surface area (Å²) in [5, 5.41) is 0. The molecule has 6 nitrogen and oxygen atoms in total. The second kappa shape index (κ2) is 45.1. The van der Waals surface area contributed by atoms with Crippen molar-refractivity contribution in [3.05, 3.63) is 0 Å². The molecule has 0 radical (unpaired) electrons. The summed E-state index contributed by atoms with van der Waals surface area (Å²) in [5.41, 5.74) is 0. The van der Waals surface area contributed by atoms with Crippen LogP contribution in [0.4, 0.5) is 0 Å². The minimum atomic E-state index is -0.758. The van der Waals surface area contributed by atoms with Crippen molar-refractivity contribution >= 4 is 17.9 Å². The molecule has 0 heterocycles. The quantitative estimate of drug-likeness (QED) is 0.0348. The van der Waals surface area contributed by atoms with Crippen LogP contribution in [0.15, 0.2) is 0 Å². The molecular formula is C49H94O6. The summed E-state index contributed by atoms with van der Waals surface area (Å²) >= 11 is 0. The first-order valence-electron chi connectivity index (χ1n) is 24.5. The van der Waals surface area contributed by atoms with Crippen molar-refractivity contribution in [2.75, 3.05) is 13.2 Å². The largest absolute Gasteiger partial charge is 0.462 e. The number of carbonyl (C=O) groups is 3. The van der Waals surface area contributed by atoms with Crippen molar-refractivity contribution in [3.63, 3.8) is 0 Å². The number of hydrogen-bond acceptors (Lipinski definition) is 6. The lowest BCUT2D eigenvalue weighted by Crippen LogP contribution is -2.30. The number of hydrogen-bond donors (Lipinski definition) is 0. The van der Waals surface area contributed by atoms with Gasteiger partial charge in [0.1, 0.15) is 13.2 Å². The average Bonchev–Trinajstić information content (AvgIpc) is 3.18. The van der Waals surface area contributed by atoms with Gasteiger partial charge in [0.15, 0.2) is 6.10 Å². The highest BCUT2D eigenvalue weighted by Gasteiger charge is 2.19. The molecule has 0 aromatic heterocycles. The summed E-state index contributed by atoms with van der Waals surface area (Å²) in [7, 11) is 0. The topological polar surface area (TPSA) is 78.9 Å². The van der Waals surface area contributed by atoms with Gasteiger partial charge in [-0.05, 0) is 19.3 Å². The zero-order valence-corrected chi connectivity index (χ0v) is 37.2. The van der Waals surface area contributed by atoms with Crippen LogP contribution in [-0.2, 0) is 28.6 Å². The predicted octanol–water partition coefficient (Wildman–Crippen LogP) is 15.6. The molecule has 0 rings (SSSR count). The molecular weight excluding hydrogens is 685 g/mol. The van der Waals surface area contributed by atoms with E-state index < -0.39 is 6.10 Å². The second-order valence-electron chi connectivity index (χ2n) is 16.7. The van der Waals surface area contributed by atoms with E-state index in [9.17, 15) is 14.4 Å². The number of rotatable bonds is 45. The van der Waals surface area contributed by atoms with Crippen LogP contribution in [0.25, 0.3) is 0 Å². The summed E-state index contributed by atoms with van der Waals surface area (Å²) in [6.45, 7) is 6.65. The van der Waals surface area contributed by atoms with E-state index in [2.05, 4.69) is 20.8 Å². The van der Waals surface area contributed by atoms with Gasteiger partial charge in [-0.25, -0.2) is 0 Å². The Morgan fingerprint density at radius 2 is 0.491 bits per heavy atom. The van der Waals surface area contributed by atoms with Gasteiger partial charge in [0.25, 0.3) is 0 Å². The fraction of sp³-hybridized carbons (Fsp3) is 0.939. The Morgan fingerprint density at radius 3 is 0.727 bits per heavy atom. The summed E-state index contributed by atoms with van der Waals surface area (Å²) in [5.74, 6) is -0.848. The highest BCUT2D eigenvalue weighted by Crippen LogP contribution is 2.16. The molecule has 6 heteroatoms. The third kappa shape index (κ3) is 43.4. The van der Waals surface area contributed by atoms with Gasteiger partial charge in [-0.3, -0.25) is 14.4 Å². The van der Waals surface area contributed by atoms with E-state index in [0.29, 0.717) is 19.3 Å². The molecule has 0 fully saturated rings. The molecule has 0 bridgehead atoms. The molecule has 55 heavy (non-hydrogen) atoms. The van der Waals surface area contributed by atoms with Crippen molar-refractivity contribution < 1.29 is 28.6 Å². The Labute approximate surface area is 342 Å². The van der Waals surface area contributed by atoms with E-state index >= 15 is 0 Å². The maximum Gasteiger partial charge on any atom is 0.306 e. The van der Waals surface area contributed by atoms with Crippen LogP contribution in [0, 0.1) is 0 Å². The van der Waals surface area contributed by atoms with Crippen LogP contribution in [0.3, 0.4) is 0 Å². The monoisotopic (exact) mass is 779 g/mol. The fourth-order valence-electron chi connectivity index (χ4n) is 7.38. The summed E-state index contributed by atoms with van der Waals surface area (Å²) in [6.07, 6.45) is 46.6. The smallest absolute Gasteiger partial charge is 0.306 e. The fourth-order valence-corrected chi connectivity index (χ4v) is 7.38. The molecule has 0 saturated carbocycles. The molecule has 0 aliphatic rings. The van der Waals surface area contributed by atoms with E-state index in [1.165, 1.54) is 180 Å². The number of esters is 3. The molecule has 0 amide bonds. The number of unbranched alkanes of at least 4 members (excludes halogenated alkanes) is 34. The van der Waals surface area contributed by atoms with Crippen LogP contribution in [0.5, 0.6) is 0 Å². The van der Waals surface area contributed by atoms with Crippen molar-refractivity contribution in [2.24, 2.45) is 0 Å². The van der Waals surface area contributed by atoms with Gasteiger partial charge in [-0.2, -0.15) is 0 Å². The molecule has 0 aromatic rings. The molecule has 0 N–H and O–H groups in total. The van der Waals surface area contributed by atoms with Crippen molar-refractivity contribution in [1.29, 1.82) is 0 Å². The molecule has 1 atom stereocenters. The summed E-state index contributed by atoms with van der Waals surface area (Å²) < 4.78 is 16.7.